The number of nitrogen functional groups attached to an aromatic ring is 1. The van der Waals surface area contributed by atoms with Gasteiger partial charge < -0.3 is 10.5 Å². The van der Waals surface area contributed by atoms with Crippen molar-refractivity contribution in [3.63, 3.8) is 0 Å². The molecule has 1 aliphatic rings. The van der Waals surface area contributed by atoms with Gasteiger partial charge in [-0.2, -0.15) is 0 Å². The van der Waals surface area contributed by atoms with E-state index in [9.17, 15) is 8.42 Å². The van der Waals surface area contributed by atoms with Gasteiger partial charge in [0.05, 0.1) is 16.7 Å². The monoisotopic (exact) mass is 270 g/mol. The Morgan fingerprint density at radius 3 is 2.50 bits per heavy atom. The molecule has 0 radical (unpaired) electrons. The molecule has 0 unspecified atom stereocenters. The van der Waals surface area contributed by atoms with Crippen LogP contribution in [0.5, 0.6) is 5.75 Å². The largest absolute Gasteiger partial charge is 0.488 e. The van der Waals surface area contributed by atoms with Crippen molar-refractivity contribution < 1.29 is 13.2 Å². The third kappa shape index (κ3) is 2.44. The summed E-state index contributed by atoms with van der Waals surface area (Å²) in [7, 11) is -0.447. The lowest BCUT2D eigenvalue weighted by Crippen LogP contribution is -2.25. The third-order valence-electron chi connectivity index (χ3n) is 3.11. The Labute approximate surface area is 108 Å². The minimum absolute atomic E-state index is 0.171. The fourth-order valence-electron chi connectivity index (χ4n) is 1.66. The van der Waals surface area contributed by atoms with Crippen LogP contribution in [0.25, 0.3) is 0 Å². The molecule has 0 heterocycles. The molecule has 0 spiro atoms. The Hall–Kier alpha value is -1.27. The van der Waals surface area contributed by atoms with Gasteiger partial charge in [-0.1, -0.05) is 0 Å². The van der Waals surface area contributed by atoms with Crippen LogP contribution in [0.1, 0.15) is 19.3 Å². The predicted molar refractivity (Wildman–Crippen MR) is 70.0 cm³/mol. The number of hydrogen-bond donors (Lipinski definition) is 1. The summed E-state index contributed by atoms with van der Waals surface area (Å²) in [4.78, 5) is 0.205. The molecular formula is C12H18N2O3S. The normalized spacial score (nSPS) is 16.6. The maximum atomic E-state index is 12.0. The summed E-state index contributed by atoms with van der Waals surface area (Å²) >= 11 is 0. The molecular weight excluding hydrogens is 252 g/mol. The quantitative estimate of drug-likeness (QED) is 0.840. The number of hydrogen-bond acceptors (Lipinski definition) is 4. The van der Waals surface area contributed by atoms with Gasteiger partial charge >= 0.3 is 0 Å². The van der Waals surface area contributed by atoms with Crippen molar-refractivity contribution in [1.29, 1.82) is 0 Å². The number of ether oxygens (including phenoxy) is 1. The Morgan fingerprint density at radius 1 is 1.33 bits per heavy atom. The molecule has 0 saturated heterocycles. The minimum Gasteiger partial charge on any atom is -0.488 e. The lowest BCUT2D eigenvalue weighted by Gasteiger charge is -2.27. The van der Waals surface area contributed by atoms with Crippen LogP contribution in [-0.4, -0.2) is 32.9 Å². The molecule has 100 valence electrons. The summed E-state index contributed by atoms with van der Waals surface area (Å²) in [6.45, 7) is 0. The molecule has 0 atom stereocenters. The fraction of sp³-hybridized carbons (Fsp3) is 0.500. The van der Waals surface area contributed by atoms with E-state index in [0.29, 0.717) is 11.4 Å². The van der Waals surface area contributed by atoms with Gasteiger partial charge in [0, 0.05) is 20.2 Å². The van der Waals surface area contributed by atoms with Gasteiger partial charge in [0.1, 0.15) is 5.75 Å². The van der Waals surface area contributed by atoms with Crippen molar-refractivity contribution in [3.05, 3.63) is 18.2 Å². The SMILES string of the molecule is CN(C)S(=O)(=O)c1ccc(N)c(OC2CCC2)c1. The van der Waals surface area contributed by atoms with Crippen molar-refractivity contribution in [3.8, 4) is 5.75 Å². The van der Waals surface area contributed by atoms with E-state index in [1.807, 2.05) is 0 Å². The van der Waals surface area contributed by atoms with Crippen molar-refractivity contribution in [1.82, 2.24) is 4.31 Å². The molecule has 1 saturated carbocycles. The van der Waals surface area contributed by atoms with Crippen molar-refractivity contribution in [2.75, 3.05) is 19.8 Å². The van der Waals surface area contributed by atoms with Crippen molar-refractivity contribution in [2.45, 2.75) is 30.3 Å². The molecule has 1 aliphatic carbocycles. The van der Waals surface area contributed by atoms with E-state index < -0.39 is 10.0 Å². The van der Waals surface area contributed by atoms with E-state index in [1.54, 1.807) is 6.07 Å². The van der Waals surface area contributed by atoms with E-state index in [2.05, 4.69) is 0 Å². The van der Waals surface area contributed by atoms with Gasteiger partial charge in [-0.15, -0.1) is 0 Å². The average Bonchev–Trinajstić information content (AvgIpc) is 2.25. The van der Waals surface area contributed by atoms with Crippen LogP contribution in [0.4, 0.5) is 5.69 Å². The molecule has 1 aromatic carbocycles. The Morgan fingerprint density at radius 2 is 2.00 bits per heavy atom. The smallest absolute Gasteiger partial charge is 0.242 e. The van der Waals surface area contributed by atoms with E-state index in [-0.39, 0.29) is 11.0 Å². The number of rotatable bonds is 4. The Kier molecular flexibility index (Phi) is 3.49. The zero-order valence-corrected chi connectivity index (χ0v) is 11.4. The minimum atomic E-state index is -3.44. The van der Waals surface area contributed by atoms with Gasteiger partial charge in [-0.25, -0.2) is 12.7 Å². The van der Waals surface area contributed by atoms with Gasteiger partial charge in [-0.05, 0) is 31.4 Å². The molecule has 2 N–H and O–H groups in total. The fourth-order valence-corrected chi connectivity index (χ4v) is 2.57. The van der Waals surface area contributed by atoms with Crippen molar-refractivity contribution >= 4 is 15.7 Å². The highest BCUT2D eigenvalue weighted by Crippen LogP contribution is 2.31. The summed E-state index contributed by atoms with van der Waals surface area (Å²) in [5.74, 6) is 0.461. The highest BCUT2D eigenvalue weighted by atomic mass is 32.2. The van der Waals surface area contributed by atoms with Gasteiger partial charge in [-0.3, -0.25) is 0 Å². The highest BCUT2D eigenvalue weighted by Gasteiger charge is 2.22. The van der Waals surface area contributed by atoms with E-state index in [0.717, 1.165) is 19.3 Å². The molecule has 0 amide bonds. The lowest BCUT2D eigenvalue weighted by atomic mass is 9.96. The molecule has 0 aliphatic heterocycles. The molecule has 0 bridgehead atoms. The molecule has 6 heteroatoms. The van der Waals surface area contributed by atoms with Crippen LogP contribution in [0, 0.1) is 0 Å². The Balaban J connectivity index is 2.31. The van der Waals surface area contributed by atoms with Crippen LogP contribution in [-0.2, 0) is 10.0 Å². The zero-order valence-electron chi connectivity index (χ0n) is 10.6. The number of nitrogens with two attached hydrogens (primary N) is 1. The zero-order chi connectivity index (χ0) is 13.3. The first-order valence-corrected chi connectivity index (χ1v) is 7.34. The second-order valence-corrected chi connectivity index (χ2v) is 6.81. The standard InChI is InChI=1S/C12H18N2O3S/c1-14(2)18(15,16)10-6-7-11(13)12(8-10)17-9-4-3-5-9/h6-9H,3-5,13H2,1-2H3. The molecule has 1 aromatic rings. The van der Waals surface area contributed by atoms with E-state index in [1.165, 1.54) is 30.5 Å². The second-order valence-electron chi connectivity index (χ2n) is 4.66. The van der Waals surface area contributed by atoms with Crippen molar-refractivity contribution in [2.24, 2.45) is 0 Å². The predicted octanol–water partition coefficient (Wildman–Crippen LogP) is 1.45. The lowest BCUT2D eigenvalue weighted by molar-refractivity contribution is 0.121. The average molecular weight is 270 g/mol. The van der Waals surface area contributed by atoms with E-state index >= 15 is 0 Å². The molecule has 0 aromatic heterocycles. The van der Waals surface area contributed by atoms with Gasteiger partial charge in [0.2, 0.25) is 10.0 Å². The number of nitrogens with zero attached hydrogens (tertiary/aromatic N) is 1. The van der Waals surface area contributed by atoms with E-state index in [4.69, 9.17) is 10.5 Å². The second kappa shape index (κ2) is 4.78. The molecule has 2 rings (SSSR count). The van der Waals surface area contributed by atoms with Crippen LogP contribution in [0.2, 0.25) is 0 Å². The first kappa shape index (κ1) is 13.2. The van der Waals surface area contributed by atoms with Crippen LogP contribution < -0.4 is 10.5 Å². The summed E-state index contributed by atoms with van der Waals surface area (Å²) < 4.78 is 30.8. The first-order valence-electron chi connectivity index (χ1n) is 5.90. The summed E-state index contributed by atoms with van der Waals surface area (Å²) in [5.41, 5.74) is 6.27. The first-order chi connectivity index (χ1) is 8.41. The highest BCUT2D eigenvalue weighted by molar-refractivity contribution is 7.89. The Bertz CT molecular complexity index is 536. The molecule has 18 heavy (non-hydrogen) atoms. The summed E-state index contributed by atoms with van der Waals surface area (Å²) in [5, 5.41) is 0. The van der Waals surface area contributed by atoms with Gasteiger partial charge in [0.25, 0.3) is 0 Å². The maximum absolute atomic E-state index is 12.0. The topological polar surface area (TPSA) is 72.6 Å². The van der Waals surface area contributed by atoms with Crippen LogP contribution in [0.3, 0.4) is 0 Å². The molecule has 1 fully saturated rings. The van der Waals surface area contributed by atoms with Crippen LogP contribution in [0.15, 0.2) is 23.1 Å². The third-order valence-corrected chi connectivity index (χ3v) is 4.92. The van der Waals surface area contributed by atoms with Gasteiger partial charge in [0.15, 0.2) is 0 Å². The van der Waals surface area contributed by atoms with Crippen LogP contribution >= 0.6 is 0 Å². The number of sulfonamides is 1. The molecule has 5 nitrogen and oxygen atoms in total. The number of anilines is 1. The maximum Gasteiger partial charge on any atom is 0.242 e. The summed E-state index contributed by atoms with van der Waals surface area (Å²) in [6, 6.07) is 4.58. The summed E-state index contributed by atoms with van der Waals surface area (Å²) in [6.07, 6.45) is 3.33. The number of benzene rings is 1.